The zero-order valence-electron chi connectivity index (χ0n) is 14.1. The van der Waals surface area contributed by atoms with Crippen molar-refractivity contribution in [3.63, 3.8) is 0 Å². The van der Waals surface area contributed by atoms with Gasteiger partial charge in [0.2, 0.25) is 5.88 Å². The fourth-order valence-electron chi connectivity index (χ4n) is 2.61. The summed E-state index contributed by atoms with van der Waals surface area (Å²) in [5.41, 5.74) is 8.00. The first-order chi connectivity index (χ1) is 12.3. The van der Waals surface area contributed by atoms with Gasteiger partial charge in [0.05, 0.1) is 12.3 Å². The summed E-state index contributed by atoms with van der Waals surface area (Å²) in [4.78, 5) is 4.32. The van der Waals surface area contributed by atoms with Crippen LogP contribution in [0.3, 0.4) is 0 Å². The van der Waals surface area contributed by atoms with Gasteiger partial charge in [-0.2, -0.15) is 12.6 Å². The predicted molar refractivity (Wildman–Crippen MR) is 108 cm³/mol. The molecule has 1 aromatic heterocycles. The van der Waals surface area contributed by atoms with E-state index in [0.717, 1.165) is 12.1 Å². The third kappa shape index (κ3) is 4.87. The molecule has 1 unspecified atom stereocenters. The second kappa shape index (κ2) is 8.74. The van der Waals surface area contributed by atoms with Gasteiger partial charge in [0.1, 0.15) is 0 Å². The molecule has 1 atom stereocenters. The van der Waals surface area contributed by atoms with Crippen LogP contribution in [0.4, 0.5) is 5.69 Å². The largest absolute Gasteiger partial charge is 0.476 e. The van der Waals surface area contributed by atoms with Gasteiger partial charge in [-0.15, -0.1) is 0 Å². The number of nitrogens with zero attached hydrogens (tertiary/aromatic N) is 1. The average molecular weight is 353 g/mol. The molecule has 0 amide bonds. The van der Waals surface area contributed by atoms with Crippen LogP contribution in [-0.2, 0) is 6.42 Å². The molecule has 130 valence electrons. The van der Waals surface area contributed by atoms with Crippen LogP contribution in [0.2, 0.25) is 0 Å². The highest BCUT2D eigenvalue weighted by atomic mass is 32.1. The minimum Gasteiger partial charge on any atom is -0.476 e. The monoisotopic (exact) mass is 353 g/mol. The van der Waals surface area contributed by atoms with Gasteiger partial charge in [0, 0.05) is 31.0 Å². The van der Waals surface area contributed by atoms with E-state index in [1.165, 1.54) is 16.3 Å². The van der Waals surface area contributed by atoms with E-state index in [1.807, 2.05) is 12.1 Å². The van der Waals surface area contributed by atoms with Crippen molar-refractivity contribution in [2.75, 3.05) is 24.2 Å². The molecular formula is C20H23N3OS. The van der Waals surface area contributed by atoms with Crippen molar-refractivity contribution in [2.24, 2.45) is 5.73 Å². The van der Waals surface area contributed by atoms with Gasteiger partial charge in [-0.05, 0) is 28.5 Å². The normalized spacial score (nSPS) is 12.1. The van der Waals surface area contributed by atoms with Crippen molar-refractivity contribution >= 4 is 29.1 Å². The van der Waals surface area contributed by atoms with Crippen LogP contribution in [-0.4, -0.2) is 29.9 Å². The van der Waals surface area contributed by atoms with E-state index in [9.17, 15) is 0 Å². The number of benzene rings is 2. The molecule has 0 saturated carbocycles. The Labute approximate surface area is 153 Å². The first kappa shape index (κ1) is 17.6. The van der Waals surface area contributed by atoms with E-state index in [1.54, 1.807) is 6.20 Å². The first-order valence-electron chi connectivity index (χ1n) is 8.42. The Bertz CT molecular complexity index is 825. The second-order valence-corrected chi connectivity index (χ2v) is 6.32. The van der Waals surface area contributed by atoms with Crippen molar-refractivity contribution in [3.8, 4) is 5.88 Å². The lowest BCUT2D eigenvalue weighted by Crippen LogP contribution is -2.30. The maximum atomic E-state index is 5.89. The maximum absolute atomic E-state index is 5.89. The number of thiol groups is 1. The zero-order valence-corrected chi connectivity index (χ0v) is 15.0. The molecule has 0 radical (unpaired) electrons. The number of anilines is 1. The van der Waals surface area contributed by atoms with Crippen molar-refractivity contribution < 1.29 is 4.74 Å². The topological polar surface area (TPSA) is 60.2 Å². The number of pyridine rings is 1. The van der Waals surface area contributed by atoms with Crippen molar-refractivity contribution in [3.05, 3.63) is 66.4 Å². The number of hydrogen-bond acceptors (Lipinski definition) is 5. The Balaban J connectivity index is 1.59. The average Bonchev–Trinajstić information content (AvgIpc) is 2.67. The molecule has 5 heteroatoms. The van der Waals surface area contributed by atoms with Crippen molar-refractivity contribution in [1.29, 1.82) is 0 Å². The molecule has 0 bridgehead atoms. The molecule has 3 aromatic rings. The summed E-state index contributed by atoms with van der Waals surface area (Å²) in [5.74, 6) is 1.24. The predicted octanol–water partition coefficient (Wildman–Crippen LogP) is 3.53. The number of nitrogens with two attached hydrogens (primary N) is 1. The zero-order chi connectivity index (χ0) is 17.5. The maximum Gasteiger partial charge on any atom is 0.237 e. The third-order valence-electron chi connectivity index (χ3n) is 4.00. The molecule has 3 N–H and O–H groups in total. The second-order valence-electron chi connectivity index (χ2n) is 5.96. The fourth-order valence-corrected chi connectivity index (χ4v) is 2.73. The fraction of sp³-hybridized carbons (Fsp3) is 0.250. The number of hydrogen-bond donors (Lipinski definition) is 3. The quantitative estimate of drug-likeness (QED) is 0.542. The Hall–Kier alpha value is -2.24. The standard InChI is InChI=1S/C20H23N3OS/c21-18(14-25)13-23-19-6-3-10-22-20(19)24-11-9-15-7-8-16-4-1-2-5-17(16)12-15/h1-8,10,12,18,23,25H,9,11,13-14,21H2. The molecule has 25 heavy (non-hydrogen) atoms. The highest BCUT2D eigenvalue weighted by Gasteiger charge is 2.06. The SMILES string of the molecule is NC(CS)CNc1cccnc1OCCc1ccc2ccccc2c1. The van der Waals surface area contributed by atoms with Gasteiger partial charge in [0.25, 0.3) is 0 Å². The summed E-state index contributed by atoms with van der Waals surface area (Å²) in [5, 5.41) is 5.78. The molecular weight excluding hydrogens is 330 g/mol. The van der Waals surface area contributed by atoms with Gasteiger partial charge < -0.3 is 15.8 Å². The molecule has 0 fully saturated rings. The summed E-state index contributed by atoms with van der Waals surface area (Å²) >= 11 is 4.20. The Morgan fingerprint density at radius 2 is 1.92 bits per heavy atom. The van der Waals surface area contributed by atoms with Crippen LogP contribution in [0.1, 0.15) is 5.56 Å². The number of nitrogens with one attached hydrogen (secondary N) is 1. The molecule has 0 spiro atoms. The van der Waals surface area contributed by atoms with Crippen LogP contribution < -0.4 is 15.8 Å². The number of rotatable bonds is 8. The van der Waals surface area contributed by atoms with Gasteiger partial charge in [-0.3, -0.25) is 0 Å². The smallest absolute Gasteiger partial charge is 0.237 e. The number of ether oxygens (including phenoxy) is 1. The summed E-state index contributed by atoms with van der Waals surface area (Å²) in [6.07, 6.45) is 2.56. The third-order valence-corrected chi connectivity index (χ3v) is 4.47. The van der Waals surface area contributed by atoms with Crippen LogP contribution in [0.15, 0.2) is 60.8 Å². The van der Waals surface area contributed by atoms with Crippen molar-refractivity contribution in [2.45, 2.75) is 12.5 Å². The molecule has 2 aromatic carbocycles. The Morgan fingerprint density at radius 1 is 1.08 bits per heavy atom. The molecule has 0 aliphatic carbocycles. The molecule has 0 saturated heterocycles. The Kier molecular flexibility index (Phi) is 6.14. The lowest BCUT2D eigenvalue weighted by molar-refractivity contribution is 0.311. The van der Waals surface area contributed by atoms with Gasteiger partial charge >= 0.3 is 0 Å². The highest BCUT2D eigenvalue weighted by Crippen LogP contribution is 2.21. The molecule has 0 aliphatic rings. The summed E-state index contributed by atoms with van der Waals surface area (Å²) in [6, 6.07) is 18.7. The van der Waals surface area contributed by atoms with Crippen LogP contribution >= 0.6 is 12.6 Å². The first-order valence-corrected chi connectivity index (χ1v) is 9.05. The van der Waals surface area contributed by atoms with Crippen LogP contribution in [0.25, 0.3) is 10.8 Å². The van der Waals surface area contributed by atoms with E-state index in [2.05, 4.69) is 65.4 Å². The molecule has 0 aliphatic heterocycles. The minimum atomic E-state index is -0.00557. The van der Waals surface area contributed by atoms with E-state index in [-0.39, 0.29) is 6.04 Å². The molecule has 1 heterocycles. The summed E-state index contributed by atoms with van der Waals surface area (Å²) in [6.45, 7) is 1.21. The van der Waals surface area contributed by atoms with E-state index < -0.39 is 0 Å². The van der Waals surface area contributed by atoms with Gasteiger partial charge in [-0.1, -0.05) is 42.5 Å². The highest BCUT2D eigenvalue weighted by molar-refractivity contribution is 7.80. The van der Waals surface area contributed by atoms with Crippen LogP contribution in [0, 0.1) is 0 Å². The van der Waals surface area contributed by atoms with Gasteiger partial charge in [-0.25, -0.2) is 4.98 Å². The number of fused-ring (bicyclic) bond motifs is 1. The van der Waals surface area contributed by atoms with E-state index in [0.29, 0.717) is 24.8 Å². The lowest BCUT2D eigenvalue weighted by Gasteiger charge is -2.14. The van der Waals surface area contributed by atoms with Crippen LogP contribution in [0.5, 0.6) is 5.88 Å². The summed E-state index contributed by atoms with van der Waals surface area (Å²) < 4.78 is 5.89. The Morgan fingerprint density at radius 3 is 2.76 bits per heavy atom. The lowest BCUT2D eigenvalue weighted by atomic mass is 10.1. The van der Waals surface area contributed by atoms with E-state index >= 15 is 0 Å². The minimum absolute atomic E-state index is 0.00557. The molecule has 3 rings (SSSR count). The molecule has 4 nitrogen and oxygen atoms in total. The van der Waals surface area contributed by atoms with Crippen molar-refractivity contribution in [1.82, 2.24) is 4.98 Å². The number of aromatic nitrogens is 1. The van der Waals surface area contributed by atoms with Gasteiger partial charge in [0.15, 0.2) is 0 Å². The summed E-state index contributed by atoms with van der Waals surface area (Å²) in [7, 11) is 0. The van der Waals surface area contributed by atoms with E-state index in [4.69, 9.17) is 10.5 Å².